The topological polar surface area (TPSA) is 0 Å². The van der Waals surface area contributed by atoms with Gasteiger partial charge in [0.05, 0.1) is 4.58 Å². The van der Waals surface area contributed by atoms with E-state index in [0.29, 0.717) is 5.41 Å². The Morgan fingerprint density at radius 1 is 1.36 bits per heavy atom. The van der Waals surface area contributed by atoms with Crippen molar-refractivity contribution in [2.24, 2.45) is 5.41 Å². The molecule has 1 fully saturated rings. The van der Waals surface area contributed by atoms with Gasteiger partial charge >= 0.3 is 0 Å². The average Bonchev–Trinajstić information content (AvgIpc) is 2.06. The van der Waals surface area contributed by atoms with Gasteiger partial charge in [-0.05, 0) is 17.9 Å². The van der Waals surface area contributed by atoms with Gasteiger partial charge in [-0.25, -0.2) is 0 Å². The fourth-order valence-corrected chi connectivity index (χ4v) is 4.26. The summed E-state index contributed by atoms with van der Waals surface area (Å²) in [5.41, 5.74) is 0.301. The third-order valence-electron chi connectivity index (χ3n) is 1.96. The first-order valence-corrected chi connectivity index (χ1v) is 6.13. The SMILES string of the molecule is C=CC(C)(C)C1SCCCS1. The fourth-order valence-electron chi connectivity index (χ4n) is 1.01. The van der Waals surface area contributed by atoms with E-state index in [1.807, 2.05) is 0 Å². The lowest BCUT2D eigenvalue weighted by Crippen LogP contribution is -2.24. The van der Waals surface area contributed by atoms with Crippen molar-refractivity contribution >= 4 is 23.5 Å². The number of allylic oxidation sites excluding steroid dienone is 1. The molecule has 0 radical (unpaired) electrons. The van der Waals surface area contributed by atoms with E-state index in [-0.39, 0.29) is 0 Å². The van der Waals surface area contributed by atoms with E-state index >= 15 is 0 Å². The molecule has 1 rings (SSSR count). The third kappa shape index (κ3) is 2.45. The molecule has 2 heteroatoms. The van der Waals surface area contributed by atoms with Crippen LogP contribution >= 0.6 is 23.5 Å². The molecule has 0 aromatic heterocycles. The molecule has 1 aliphatic heterocycles. The van der Waals surface area contributed by atoms with E-state index in [2.05, 4.69) is 50.0 Å². The van der Waals surface area contributed by atoms with E-state index in [0.717, 1.165) is 4.58 Å². The summed E-state index contributed by atoms with van der Waals surface area (Å²) in [4.78, 5) is 0. The molecule has 11 heavy (non-hydrogen) atoms. The highest BCUT2D eigenvalue weighted by Gasteiger charge is 2.28. The van der Waals surface area contributed by atoms with Crippen LogP contribution < -0.4 is 0 Å². The van der Waals surface area contributed by atoms with Gasteiger partial charge in [0, 0.05) is 5.41 Å². The molecule has 0 atom stereocenters. The van der Waals surface area contributed by atoms with Crippen LogP contribution in [0.1, 0.15) is 20.3 Å². The summed E-state index contributed by atoms with van der Waals surface area (Å²) in [6.45, 7) is 8.43. The van der Waals surface area contributed by atoms with Crippen molar-refractivity contribution in [2.45, 2.75) is 24.9 Å². The quantitative estimate of drug-likeness (QED) is 0.609. The first-order chi connectivity index (χ1) is 5.17. The molecule has 0 aliphatic carbocycles. The minimum absolute atomic E-state index is 0.301. The molecule has 0 nitrogen and oxygen atoms in total. The van der Waals surface area contributed by atoms with Crippen LogP contribution in [0.25, 0.3) is 0 Å². The predicted molar refractivity (Wildman–Crippen MR) is 57.3 cm³/mol. The van der Waals surface area contributed by atoms with Gasteiger partial charge in [0.25, 0.3) is 0 Å². The largest absolute Gasteiger partial charge is 0.147 e. The van der Waals surface area contributed by atoms with Gasteiger partial charge in [0.1, 0.15) is 0 Å². The Bertz CT molecular complexity index is 134. The number of rotatable bonds is 2. The molecule has 1 heterocycles. The van der Waals surface area contributed by atoms with Crippen LogP contribution in [0.15, 0.2) is 12.7 Å². The zero-order valence-electron chi connectivity index (χ0n) is 7.30. The Morgan fingerprint density at radius 3 is 2.36 bits per heavy atom. The Labute approximate surface area is 78.2 Å². The zero-order chi connectivity index (χ0) is 8.32. The highest BCUT2D eigenvalue weighted by atomic mass is 32.2. The van der Waals surface area contributed by atoms with Crippen molar-refractivity contribution < 1.29 is 0 Å². The molecule has 0 spiro atoms. The molecular formula is C9H16S2. The van der Waals surface area contributed by atoms with Crippen LogP contribution in [0.2, 0.25) is 0 Å². The predicted octanol–water partition coefficient (Wildman–Crippen LogP) is 3.39. The summed E-state index contributed by atoms with van der Waals surface area (Å²) in [7, 11) is 0. The zero-order valence-corrected chi connectivity index (χ0v) is 8.93. The average molecular weight is 188 g/mol. The van der Waals surface area contributed by atoms with Crippen molar-refractivity contribution in [2.75, 3.05) is 11.5 Å². The van der Waals surface area contributed by atoms with Crippen molar-refractivity contribution in [1.82, 2.24) is 0 Å². The first kappa shape index (κ1) is 9.53. The molecule has 0 aromatic carbocycles. The Morgan fingerprint density at radius 2 is 1.91 bits per heavy atom. The summed E-state index contributed by atoms with van der Waals surface area (Å²) < 4.78 is 0.730. The van der Waals surface area contributed by atoms with Gasteiger partial charge in [-0.1, -0.05) is 19.9 Å². The van der Waals surface area contributed by atoms with E-state index < -0.39 is 0 Å². The smallest absolute Gasteiger partial charge is 0.0587 e. The van der Waals surface area contributed by atoms with Crippen molar-refractivity contribution in [1.29, 1.82) is 0 Å². The van der Waals surface area contributed by atoms with Crippen LogP contribution in [-0.4, -0.2) is 16.1 Å². The maximum absolute atomic E-state index is 3.88. The maximum Gasteiger partial charge on any atom is 0.0587 e. The lowest BCUT2D eigenvalue weighted by Gasteiger charge is -2.33. The van der Waals surface area contributed by atoms with E-state index in [4.69, 9.17) is 0 Å². The van der Waals surface area contributed by atoms with E-state index in [1.165, 1.54) is 17.9 Å². The summed E-state index contributed by atoms with van der Waals surface area (Å²) in [6.07, 6.45) is 3.46. The summed E-state index contributed by atoms with van der Waals surface area (Å²) in [6, 6.07) is 0. The van der Waals surface area contributed by atoms with E-state index in [1.54, 1.807) is 0 Å². The van der Waals surface area contributed by atoms with Crippen molar-refractivity contribution in [3.05, 3.63) is 12.7 Å². The summed E-state index contributed by atoms with van der Waals surface area (Å²) in [5, 5.41) is 0. The Kier molecular flexibility index (Phi) is 3.38. The highest BCUT2D eigenvalue weighted by molar-refractivity contribution is 8.17. The van der Waals surface area contributed by atoms with Gasteiger partial charge in [-0.15, -0.1) is 30.1 Å². The minimum Gasteiger partial charge on any atom is -0.147 e. The molecule has 0 aromatic rings. The van der Waals surface area contributed by atoms with Gasteiger partial charge in [0.15, 0.2) is 0 Å². The molecule has 0 saturated carbocycles. The van der Waals surface area contributed by atoms with Gasteiger partial charge < -0.3 is 0 Å². The maximum atomic E-state index is 3.88. The number of hydrogen-bond acceptors (Lipinski definition) is 2. The van der Waals surface area contributed by atoms with Crippen LogP contribution in [0, 0.1) is 5.41 Å². The van der Waals surface area contributed by atoms with Crippen LogP contribution in [-0.2, 0) is 0 Å². The third-order valence-corrected chi connectivity index (χ3v) is 5.65. The molecule has 1 aliphatic rings. The molecule has 0 N–H and O–H groups in total. The lowest BCUT2D eigenvalue weighted by molar-refractivity contribution is 0.533. The Hall–Kier alpha value is 0.440. The molecule has 64 valence electrons. The van der Waals surface area contributed by atoms with Crippen LogP contribution in [0.3, 0.4) is 0 Å². The number of thioether (sulfide) groups is 2. The molecule has 0 amide bonds. The van der Waals surface area contributed by atoms with Crippen molar-refractivity contribution in [3.8, 4) is 0 Å². The standard InChI is InChI=1S/C9H16S2/c1-4-9(2,3)8-10-6-5-7-11-8/h4,8H,1,5-7H2,2-3H3. The van der Waals surface area contributed by atoms with Crippen LogP contribution in [0.4, 0.5) is 0 Å². The molecule has 1 saturated heterocycles. The second-order valence-corrected chi connectivity index (χ2v) is 6.18. The van der Waals surface area contributed by atoms with Crippen LogP contribution in [0.5, 0.6) is 0 Å². The normalized spacial score (nSPS) is 21.6. The van der Waals surface area contributed by atoms with Crippen molar-refractivity contribution in [3.63, 3.8) is 0 Å². The van der Waals surface area contributed by atoms with Gasteiger partial charge in [-0.3, -0.25) is 0 Å². The fraction of sp³-hybridized carbons (Fsp3) is 0.778. The monoisotopic (exact) mass is 188 g/mol. The minimum atomic E-state index is 0.301. The molecular weight excluding hydrogens is 172 g/mol. The molecule has 0 unspecified atom stereocenters. The summed E-state index contributed by atoms with van der Waals surface area (Å²) >= 11 is 4.17. The first-order valence-electron chi connectivity index (χ1n) is 4.03. The Balaban J connectivity index is 2.50. The van der Waals surface area contributed by atoms with Gasteiger partial charge in [-0.2, -0.15) is 0 Å². The number of hydrogen-bond donors (Lipinski definition) is 0. The molecule has 0 bridgehead atoms. The van der Waals surface area contributed by atoms with E-state index in [9.17, 15) is 0 Å². The highest BCUT2D eigenvalue weighted by Crippen LogP contribution is 2.42. The lowest BCUT2D eigenvalue weighted by atomic mass is 9.97. The van der Waals surface area contributed by atoms with Gasteiger partial charge in [0.2, 0.25) is 0 Å². The second kappa shape index (κ2) is 3.90. The second-order valence-electron chi connectivity index (χ2n) is 3.45. The summed E-state index contributed by atoms with van der Waals surface area (Å²) in [5.74, 6) is 2.66.